The van der Waals surface area contributed by atoms with Gasteiger partial charge in [0.15, 0.2) is 6.10 Å². The normalized spacial score (nSPS) is 13.4. The summed E-state index contributed by atoms with van der Waals surface area (Å²) in [7, 11) is -4.39. The number of unbranched alkanes of at least 4 members (excludes halogenated alkanes) is 36. The van der Waals surface area contributed by atoms with Crippen LogP contribution in [0.25, 0.3) is 0 Å². The molecule has 0 bridgehead atoms. The van der Waals surface area contributed by atoms with E-state index in [0.717, 1.165) is 51.4 Å². The second-order valence-electron chi connectivity index (χ2n) is 20.2. The largest absolute Gasteiger partial charge is 0.472 e. The first kappa shape index (κ1) is 69.0. The van der Waals surface area contributed by atoms with Crippen molar-refractivity contribution in [2.45, 2.75) is 302 Å². The third kappa shape index (κ3) is 57.1. The lowest BCUT2D eigenvalue weighted by atomic mass is 10.0. The van der Waals surface area contributed by atoms with Crippen molar-refractivity contribution in [3.05, 3.63) is 48.6 Å². The van der Waals surface area contributed by atoms with Crippen molar-refractivity contribution >= 4 is 19.8 Å². The number of carbonyl (C=O) groups is 2. The van der Waals surface area contributed by atoms with Gasteiger partial charge in [0.2, 0.25) is 0 Å². The number of rotatable bonds is 57. The van der Waals surface area contributed by atoms with Crippen LogP contribution in [0.2, 0.25) is 0 Å². The van der Waals surface area contributed by atoms with E-state index >= 15 is 0 Å². The van der Waals surface area contributed by atoms with Gasteiger partial charge in [0.25, 0.3) is 0 Å². The lowest BCUT2D eigenvalue weighted by Gasteiger charge is -2.19. The highest BCUT2D eigenvalue weighted by Crippen LogP contribution is 2.43. The molecule has 9 nitrogen and oxygen atoms in total. The van der Waals surface area contributed by atoms with Gasteiger partial charge in [-0.1, -0.05) is 255 Å². The van der Waals surface area contributed by atoms with Gasteiger partial charge in [-0.25, -0.2) is 4.57 Å². The molecular formula is C61H114NO8P. The van der Waals surface area contributed by atoms with E-state index in [9.17, 15) is 19.0 Å². The number of carbonyl (C=O) groups excluding carboxylic acids is 2. The summed E-state index contributed by atoms with van der Waals surface area (Å²) in [5, 5.41) is 0. The van der Waals surface area contributed by atoms with E-state index in [4.69, 9.17) is 24.3 Å². The molecule has 0 saturated heterocycles. The van der Waals surface area contributed by atoms with Gasteiger partial charge in [-0.15, -0.1) is 0 Å². The minimum atomic E-state index is -4.39. The third-order valence-electron chi connectivity index (χ3n) is 13.2. The second-order valence-corrected chi connectivity index (χ2v) is 21.7. The van der Waals surface area contributed by atoms with E-state index < -0.39 is 26.5 Å². The van der Waals surface area contributed by atoms with Crippen LogP contribution in [0, 0.1) is 0 Å². The smallest absolute Gasteiger partial charge is 0.462 e. The summed E-state index contributed by atoms with van der Waals surface area (Å²) in [6.45, 7) is 3.76. The van der Waals surface area contributed by atoms with Crippen LogP contribution in [-0.2, 0) is 32.7 Å². The fraction of sp³-hybridized carbons (Fsp3) is 0.836. The average molecular weight is 1020 g/mol. The van der Waals surface area contributed by atoms with Crippen molar-refractivity contribution in [2.24, 2.45) is 5.73 Å². The lowest BCUT2D eigenvalue weighted by Crippen LogP contribution is -2.29. The van der Waals surface area contributed by atoms with Crippen LogP contribution in [0.15, 0.2) is 48.6 Å². The van der Waals surface area contributed by atoms with E-state index in [0.29, 0.717) is 6.42 Å². The van der Waals surface area contributed by atoms with Gasteiger partial charge in [-0.05, 0) is 77.0 Å². The topological polar surface area (TPSA) is 134 Å². The fourth-order valence-electron chi connectivity index (χ4n) is 8.70. The van der Waals surface area contributed by atoms with E-state index in [1.807, 2.05) is 0 Å². The predicted octanol–water partition coefficient (Wildman–Crippen LogP) is 19.0. The van der Waals surface area contributed by atoms with E-state index in [1.54, 1.807) is 0 Å². The number of allylic oxidation sites excluding steroid dienone is 8. The Morgan fingerprint density at radius 2 is 0.732 bits per heavy atom. The maximum Gasteiger partial charge on any atom is 0.472 e. The lowest BCUT2D eigenvalue weighted by molar-refractivity contribution is -0.161. The average Bonchev–Trinajstić information content (AvgIpc) is 3.36. The van der Waals surface area contributed by atoms with E-state index in [-0.39, 0.29) is 38.6 Å². The first-order valence-corrected chi connectivity index (χ1v) is 31.6. The first-order chi connectivity index (χ1) is 34.8. The van der Waals surface area contributed by atoms with Crippen molar-refractivity contribution in [3.8, 4) is 0 Å². The third-order valence-corrected chi connectivity index (χ3v) is 14.2. The van der Waals surface area contributed by atoms with Crippen LogP contribution in [0.3, 0.4) is 0 Å². The molecule has 0 spiro atoms. The number of hydrogen-bond donors (Lipinski definition) is 2. The first-order valence-electron chi connectivity index (χ1n) is 30.1. The zero-order chi connectivity index (χ0) is 51.7. The minimum absolute atomic E-state index is 0.0536. The Kier molecular flexibility index (Phi) is 55.6. The van der Waals surface area contributed by atoms with Gasteiger partial charge in [0.1, 0.15) is 6.61 Å². The molecule has 0 aliphatic carbocycles. The van der Waals surface area contributed by atoms with Gasteiger partial charge in [-0.3, -0.25) is 18.6 Å². The molecule has 2 atom stereocenters. The molecule has 71 heavy (non-hydrogen) atoms. The molecule has 0 aliphatic rings. The minimum Gasteiger partial charge on any atom is -0.462 e. The molecule has 2 unspecified atom stereocenters. The summed E-state index contributed by atoms with van der Waals surface area (Å²) in [4.78, 5) is 35.2. The molecule has 0 fully saturated rings. The molecule has 0 aliphatic heterocycles. The van der Waals surface area contributed by atoms with Crippen LogP contribution in [0.4, 0.5) is 0 Å². The predicted molar refractivity (Wildman–Crippen MR) is 303 cm³/mol. The molecule has 0 aromatic carbocycles. The molecule has 0 saturated carbocycles. The molecule has 0 heterocycles. The number of nitrogens with two attached hydrogens (primary N) is 1. The summed E-state index contributed by atoms with van der Waals surface area (Å²) in [6.07, 6.45) is 70.3. The van der Waals surface area contributed by atoms with Crippen LogP contribution in [0.1, 0.15) is 296 Å². The Balaban J connectivity index is 3.91. The number of hydrogen-bond acceptors (Lipinski definition) is 8. The highest BCUT2D eigenvalue weighted by molar-refractivity contribution is 7.47. The maximum absolute atomic E-state index is 12.7. The standard InChI is InChI=1S/C61H114NO8P/c1-3-5-7-9-11-13-15-17-19-21-23-24-25-26-27-28-29-30-31-32-33-34-36-38-40-42-44-46-48-50-52-54-61(64)70-59(58-69-71(65,66)68-56-55-62)57-67-60(63)53-51-49-47-45-43-41-39-37-35-22-20-18-16-14-12-10-8-6-4-2/h15,17-18,20-21,23,25-26,59H,3-14,16,19,22,24,27-58,62H2,1-2H3,(H,65,66)/b17-15-,20-18-,23-21-,26-25-. The SMILES string of the molecule is CCCCCCC/C=C\C/C=C\C/C=C\CCCCCCCCCCCCCCCCCCC(=O)OC(COC(=O)CCCCCCCCCCC/C=C\CCCCCCCC)COP(=O)(O)OCCN. The second kappa shape index (κ2) is 57.3. The zero-order valence-corrected chi connectivity index (χ0v) is 47.4. The van der Waals surface area contributed by atoms with E-state index in [1.165, 1.54) is 212 Å². The maximum atomic E-state index is 12.7. The molecule has 0 radical (unpaired) electrons. The van der Waals surface area contributed by atoms with Crippen molar-refractivity contribution in [2.75, 3.05) is 26.4 Å². The number of phosphoric ester groups is 1. The monoisotopic (exact) mass is 1020 g/mol. The zero-order valence-electron chi connectivity index (χ0n) is 46.5. The van der Waals surface area contributed by atoms with Crippen LogP contribution in [-0.4, -0.2) is 49.3 Å². The van der Waals surface area contributed by atoms with Crippen LogP contribution < -0.4 is 5.73 Å². The van der Waals surface area contributed by atoms with Gasteiger partial charge in [0, 0.05) is 19.4 Å². The molecular weight excluding hydrogens is 906 g/mol. The summed E-state index contributed by atoms with van der Waals surface area (Å²) < 4.78 is 33.1. The quantitative estimate of drug-likeness (QED) is 0.0264. The number of phosphoric acid groups is 1. The molecule has 0 aromatic rings. The highest BCUT2D eigenvalue weighted by Gasteiger charge is 2.26. The summed E-state index contributed by atoms with van der Waals surface area (Å²) >= 11 is 0. The highest BCUT2D eigenvalue weighted by atomic mass is 31.2. The van der Waals surface area contributed by atoms with Crippen LogP contribution in [0.5, 0.6) is 0 Å². The Hall–Kier alpha value is -2.03. The summed E-state index contributed by atoms with van der Waals surface area (Å²) in [5.41, 5.74) is 5.38. The number of esters is 2. The Morgan fingerprint density at radius 3 is 1.10 bits per heavy atom. The summed E-state index contributed by atoms with van der Waals surface area (Å²) in [6, 6.07) is 0. The Bertz CT molecular complexity index is 1300. The molecule has 0 amide bonds. The molecule has 0 rings (SSSR count). The van der Waals surface area contributed by atoms with E-state index in [2.05, 4.69) is 62.5 Å². The fourth-order valence-corrected chi connectivity index (χ4v) is 9.46. The molecule has 416 valence electrons. The Morgan fingerprint density at radius 1 is 0.423 bits per heavy atom. The molecule has 10 heteroatoms. The van der Waals surface area contributed by atoms with Crippen molar-refractivity contribution in [1.29, 1.82) is 0 Å². The van der Waals surface area contributed by atoms with Gasteiger partial charge >= 0.3 is 19.8 Å². The van der Waals surface area contributed by atoms with Crippen molar-refractivity contribution in [3.63, 3.8) is 0 Å². The number of ether oxygens (including phenoxy) is 2. The van der Waals surface area contributed by atoms with Gasteiger partial charge in [-0.2, -0.15) is 0 Å². The molecule has 3 N–H and O–H groups in total. The molecule has 0 aromatic heterocycles. The van der Waals surface area contributed by atoms with Gasteiger partial charge in [0.05, 0.1) is 13.2 Å². The van der Waals surface area contributed by atoms with Crippen molar-refractivity contribution in [1.82, 2.24) is 0 Å². The Labute approximate surface area is 438 Å². The summed E-state index contributed by atoms with van der Waals surface area (Å²) in [5.74, 6) is -0.819. The van der Waals surface area contributed by atoms with Crippen molar-refractivity contribution < 1.29 is 37.6 Å². The van der Waals surface area contributed by atoms with Gasteiger partial charge < -0.3 is 20.1 Å². The van der Waals surface area contributed by atoms with Crippen LogP contribution >= 0.6 is 7.82 Å².